The van der Waals surface area contributed by atoms with Crippen LogP contribution in [-0.4, -0.2) is 24.9 Å². The smallest absolute Gasteiger partial charge is 0.178 e. The van der Waals surface area contributed by atoms with E-state index < -0.39 is 9.84 Å². The zero-order valence-corrected chi connectivity index (χ0v) is 19.2. The maximum Gasteiger partial charge on any atom is 0.178 e. The summed E-state index contributed by atoms with van der Waals surface area (Å²) in [6, 6.07) is 20.9. The van der Waals surface area contributed by atoms with E-state index in [-0.39, 0.29) is 18.1 Å². The highest BCUT2D eigenvalue weighted by atomic mass is 32.2. The molecule has 1 aliphatic heterocycles. The fraction of sp³-hybridized carbons (Fsp3) is 0.269. The number of ketones is 1. The molecule has 0 saturated carbocycles. The molecular weight excluding hydrogens is 422 g/mol. The lowest BCUT2D eigenvalue weighted by molar-refractivity contribution is 0.101. The van der Waals surface area contributed by atoms with Crippen LogP contribution in [0.3, 0.4) is 0 Å². The number of carbonyl (C=O) groups excluding carboxylic acids is 1. The SMILES string of the molecule is CCS(=O)(=O)c1ccc(COc2ccc(CN3Cc4ccccc4C3)cc2C(C)=O)cc1. The van der Waals surface area contributed by atoms with E-state index in [4.69, 9.17) is 4.74 Å². The van der Waals surface area contributed by atoms with E-state index in [2.05, 4.69) is 29.2 Å². The molecule has 3 aromatic rings. The Bertz CT molecular complexity index is 1210. The van der Waals surface area contributed by atoms with Gasteiger partial charge in [-0.25, -0.2) is 8.42 Å². The number of hydrogen-bond donors (Lipinski definition) is 0. The van der Waals surface area contributed by atoms with Crippen molar-refractivity contribution in [2.45, 2.75) is 45.0 Å². The first-order chi connectivity index (χ1) is 15.4. The van der Waals surface area contributed by atoms with E-state index in [0.717, 1.165) is 30.8 Å². The van der Waals surface area contributed by atoms with Crippen LogP contribution in [0.5, 0.6) is 5.75 Å². The van der Waals surface area contributed by atoms with Gasteiger partial charge in [-0.3, -0.25) is 9.69 Å². The van der Waals surface area contributed by atoms with Crippen molar-refractivity contribution >= 4 is 15.6 Å². The molecule has 0 N–H and O–H groups in total. The predicted molar refractivity (Wildman–Crippen MR) is 124 cm³/mol. The van der Waals surface area contributed by atoms with Crippen LogP contribution in [0, 0.1) is 0 Å². The highest BCUT2D eigenvalue weighted by molar-refractivity contribution is 7.91. The molecule has 0 aliphatic carbocycles. The van der Waals surface area contributed by atoms with Crippen LogP contribution in [0.4, 0.5) is 0 Å². The zero-order chi connectivity index (χ0) is 22.7. The van der Waals surface area contributed by atoms with E-state index in [9.17, 15) is 13.2 Å². The number of carbonyl (C=O) groups is 1. The van der Waals surface area contributed by atoms with Gasteiger partial charge in [0.15, 0.2) is 15.6 Å². The molecule has 1 heterocycles. The Labute approximate surface area is 189 Å². The number of Topliss-reactive ketones (excluding diaryl/α,β-unsaturated/α-hetero) is 1. The third-order valence-electron chi connectivity index (χ3n) is 5.79. The number of benzene rings is 3. The molecule has 0 amide bonds. The average molecular weight is 450 g/mol. The Morgan fingerprint density at radius 1 is 0.938 bits per heavy atom. The molecule has 0 spiro atoms. The Morgan fingerprint density at radius 3 is 2.16 bits per heavy atom. The summed E-state index contributed by atoms with van der Waals surface area (Å²) in [5.74, 6) is 0.563. The fourth-order valence-corrected chi connectivity index (χ4v) is 4.86. The minimum Gasteiger partial charge on any atom is -0.488 e. The van der Waals surface area contributed by atoms with Crippen LogP contribution < -0.4 is 4.74 Å². The number of sulfone groups is 1. The van der Waals surface area contributed by atoms with Gasteiger partial charge in [-0.1, -0.05) is 49.4 Å². The maximum absolute atomic E-state index is 12.3. The third-order valence-corrected chi connectivity index (χ3v) is 7.54. The molecule has 1 aliphatic rings. The van der Waals surface area contributed by atoms with Crippen molar-refractivity contribution in [1.29, 1.82) is 0 Å². The number of hydrogen-bond acceptors (Lipinski definition) is 5. The highest BCUT2D eigenvalue weighted by Crippen LogP contribution is 2.27. The zero-order valence-electron chi connectivity index (χ0n) is 18.4. The van der Waals surface area contributed by atoms with Gasteiger partial charge in [0.2, 0.25) is 0 Å². The summed E-state index contributed by atoms with van der Waals surface area (Å²) >= 11 is 0. The van der Waals surface area contributed by atoms with Gasteiger partial charge in [-0.05, 0) is 53.4 Å². The minimum absolute atomic E-state index is 0.0454. The Balaban J connectivity index is 1.44. The molecule has 0 unspecified atom stereocenters. The molecule has 0 radical (unpaired) electrons. The molecular formula is C26H27NO4S. The van der Waals surface area contributed by atoms with Crippen LogP contribution in [0.15, 0.2) is 71.6 Å². The maximum atomic E-state index is 12.3. The summed E-state index contributed by atoms with van der Waals surface area (Å²) in [5.41, 5.74) is 5.19. The van der Waals surface area contributed by atoms with E-state index in [1.165, 1.54) is 11.1 Å². The van der Waals surface area contributed by atoms with Gasteiger partial charge >= 0.3 is 0 Å². The lowest BCUT2D eigenvalue weighted by Gasteiger charge is -2.17. The van der Waals surface area contributed by atoms with E-state index in [0.29, 0.717) is 16.2 Å². The summed E-state index contributed by atoms with van der Waals surface area (Å²) in [6.07, 6.45) is 0. The molecule has 0 atom stereocenters. The van der Waals surface area contributed by atoms with Crippen molar-refractivity contribution in [3.8, 4) is 5.75 Å². The first kappa shape index (κ1) is 22.2. The molecule has 6 heteroatoms. The van der Waals surface area contributed by atoms with Crippen LogP contribution in [-0.2, 0) is 36.1 Å². The average Bonchev–Trinajstić information content (AvgIpc) is 3.20. The van der Waals surface area contributed by atoms with Gasteiger partial charge < -0.3 is 4.74 Å². The molecule has 0 saturated heterocycles. The number of rotatable bonds is 8. The van der Waals surface area contributed by atoms with Crippen molar-refractivity contribution < 1.29 is 17.9 Å². The lowest BCUT2D eigenvalue weighted by atomic mass is 10.1. The second-order valence-corrected chi connectivity index (χ2v) is 10.4. The third kappa shape index (κ3) is 4.92. The predicted octanol–water partition coefficient (Wildman–Crippen LogP) is 4.78. The van der Waals surface area contributed by atoms with Gasteiger partial charge in [0, 0.05) is 19.6 Å². The van der Waals surface area contributed by atoms with E-state index >= 15 is 0 Å². The molecule has 3 aromatic carbocycles. The summed E-state index contributed by atoms with van der Waals surface area (Å²) in [5, 5.41) is 0. The second-order valence-electron chi connectivity index (χ2n) is 8.14. The first-order valence-corrected chi connectivity index (χ1v) is 12.4. The number of fused-ring (bicyclic) bond motifs is 1. The monoisotopic (exact) mass is 449 g/mol. The van der Waals surface area contributed by atoms with Gasteiger partial charge in [-0.2, -0.15) is 0 Å². The van der Waals surface area contributed by atoms with Gasteiger partial charge in [0.1, 0.15) is 12.4 Å². The highest BCUT2D eigenvalue weighted by Gasteiger charge is 2.19. The summed E-state index contributed by atoms with van der Waals surface area (Å²) in [7, 11) is -3.22. The Morgan fingerprint density at radius 2 is 1.56 bits per heavy atom. The topological polar surface area (TPSA) is 63.7 Å². The van der Waals surface area contributed by atoms with E-state index in [1.54, 1.807) is 38.1 Å². The van der Waals surface area contributed by atoms with Crippen LogP contribution >= 0.6 is 0 Å². The second kappa shape index (κ2) is 9.27. The molecule has 0 aromatic heterocycles. The van der Waals surface area contributed by atoms with Gasteiger partial charge in [-0.15, -0.1) is 0 Å². The van der Waals surface area contributed by atoms with Crippen LogP contribution in [0.25, 0.3) is 0 Å². The lowest BCUT2D eigenvalue weighted by Crippen LogP contribution is -2.16. The van der Waals surface area contributed by atoms with Gasteiger partial charge in [0.05, 0.1) is 16.2 Å². The summed E-state index contributed by atoms with van der Waals surface area (Å²) < 4.78 is 29.8. The largest absolute Gasteiger partial charge is 0.488 e. The Hall–Kier alpha value is -2.96. The standard InChI is InChI=1S/C26H27NO4S/c1-3-32(29,30)24-11-8-20(9-12-24)18-31-26-13-10-21(14-25(26)19(2)28)15-27-16-22-6-4-5-7-23(22)17-27/h4-14H,3,15-18H2,1-2H3. The normalized spacial score (nSPS) is 13.7. The summed E-state index contributed by atoms with van der Waals surface area (Å²) in [6.45, 7) is 6.02. The first-order valence-electron chi connectivity index (χ1n) is 10.7. The van der Waals surface area contributed by atoms with E-state index in [1.807, 2.05) is 18.2 Å². The van der Waals surface area contributed by atoms with Gasteiger partial charge in [0.25, 0.3) is 0 Å². The number of ether oxygens (including phenoxy) is 1. The van der Waals surface area contributed by atoms with Crippen molar-refractivity contribution in [2.24, 2.45) is 0 Å². The molecule has 166 valence electrons. The van der Waals surface area contributed by atoms with Crippen LogP contribution in [0.1, 0.15) is 46.5 Å². The number of nitrogens with zero attached hydrogens (tertiary/aromatic N) is 1. The summed E-state index contributed by atoms with van der Waals surface area (Å²) in [4.78, 5) is 14.9. The molecule has 5 nitrogen and oxygen atoms in total. The van der Waals surface area contributed by atoms with Crippen molar-refractivity contribution in [3.63, 3.8) is 0 Å². The molecule has 0 bridgehead atoms. The molecule has 32 heavy (non-hydrogen) atoms. The van der Waals surface area contributed by atoms with Crippen molar-refractivity contribution in [3.05, 3.63) is 94.5 Å². The fourth-order valence-electron chi connectivity index (χ4n) is 3.97. The molecule has 4 rings (SSSR count). The Kier molecular flexibility index (Phi) is 6.44. The van der Waals surface area contributed by atoms with Crippen molar-refractivity contribution in [2.75, 3.05) is 5.75 Å². The molecule has 0 fully saturated rings. The van der Waals surface area contributed by atoms with Crippen LogP contribution in [0.2, 0.25) is 0 Å². The van der Waals surface area contributed by atoms with Crippen molar-refractivity contribution in [1.82, 2.24) is 4.90 Å². The minimum atomic E-state index is -3.22. The quantitative estimate of drug-likeness (QED) is 0.463.